The molecule has 0 aliphatic heterocycles. The molecular weight excluding hydrogens is 290 g/mol. The first-order chi connectivity index (χ1) is 2.00. The van der Waals surface area contributed by atoms with Crippen LogP contribution in [0.5, 0.6) is 0 Å². The van der Waals surface area contributed by atoms with Crippen LogP contribution in [0.2, 0.25) is 0 Å². The van der Waals surface area contributed by atoms with Crippen molar-refractivity contribution in [2.75, 3.05) is 6.26 Å². The van der Waals surface area contributed by atoms with Crippen molar-refractivity contribution in [3.8, 4) is 0 Å². The number of rotatable bonds is 0. The van der Waals surface area contributed by atoms with Crippen molar-refractivity contribution < 1.29 is 43.5 Å². The fourth-order valence-electron chi connectivity index (χ4n) is 0. The maximum Gasteiger partial charge on any atom is 0.261 e. The van der Waals surface area contributed by atoms with Gasteiger partial charge in [0.15, 0.2) is 0 Å². The first-order valence-electron chi connectivity index (χ1n) is 0.924. The van der Waals surface area contributed by atoms with Gasteiger partial charge < -0.3 is 0 Å². The monoisotopic (exact) mass is 295 g/mol. The molecule has 0 saturated heterocycles. The van der Waals surface area contributed by atoms with E-state index >= 15 is 0 Å². The van der Waals surface area contributed by atoms with Gasteiger partial charge in [0.2, 0.25) is 0 Å². The first kappa shape index (κ1) is 15.6. The van der Waals surface area contributed by atoms with Gasteiger partial charge in [-0.05, 0) is 0 Å². The summed E-state index contributed by atoms with van der Waals surface area (Å²) in [5.74, 6) is 0. The summed E-state index contributed by atoms with van der Waals surface area (Å²) in [7, 11) is -3.67. The Morgan fingerprint density at radius 3 is 1.43 bits per heavy atom. The van der Waals surface area contributed by atoms with E-state index in [9.17, 15) is 8.42 Å². The van der Waals surface area contributed by atoms with Gasteiger partial charge in [-0.15, -0.1) is 0 Å². The number of hydrogen-bond donors (Lipinski definition) is 1. The minimum absolute atomic E-state index is 0. The topological polar surface area (TPSA) is 54.4 Å². The van der Waals surface area contributed by atoms with Crippen molar-refractivity contribution in [2.24, 2.45) is 0 Å². The zero-order chi connectivity index (χ0) is 4.50. The third-order valence-electron chi connectivity index (χ3n) is 0. The molecule has 0 bridgehead atoms. The molecule has 6 heteroatoms. The van der Waals surface area contributed by atoms with Gasteiger partial charge in [-0.2, -0.15) is 8.42 Å². The zero-order valence-corrected chi connectivity index (χ0v) is 7.96. The summed E-state index contributed by atoms with van der Waals surface area (Å²) >= 11 is 0. The smallest absolute Gasteiger partial charge is 0.261 e. The molecule has 0 saturated carbocycles. The van der Waals surface area contributed by atoms with E-state index in [0.29, 0.717) is 6.26 Å². The summed E-state index contributed by atoms with van der Waals surface area (Å²) < 4.78 is 25.9. The summed E-state index contributed by atoms with van der Waals surface area (Å²) in [5.41, 5.74) is 0. The molecule has 0 unspecified atom stereocenters. The van der Waals surface area contributed by atoms with Crippen LogP contribution in [0.4, 0.5) is 4.70 Å². The van der Waals surface area contributed by atoms with Gasteiger partial charge in [0.25, 0.3) is 10.1 Å². The van der Waals surface area contributed by atoms with Gasteiger partial charge >= 0.3 is 0 Å². The molecule has 43 valence electrons. The minimum atomic E-state index is -3.67. The fourth-order valence-corrected chi connectivity index (χ4v) is 0. The molecule has 0 spiro atoms. The van der Waals surface area contributed by atoms with Crippen LogP contribution < -0.4 is 0 Å². The zero-order valence-electron chi connectivity index (χ0n) is 3.55. The second-order valence-electron chi connectivity index (χ2n) is 0.733. The standard InChI is InChI=1S/CH4O3S.F.Hf/c1-5(2,3)4;;/h1H3,(H,2,3,4);;. The Balaban J connectivity index is -0.0000000800. The first-order valence-corrected chi connectivity index (χ1v) is 2.77. The van der Waals surface area contributed by atoms with E-state index in [1.54, 1.807) is 0 Å². The van der Waals surface area contributed by atoms with Crippen LogP contribution in [-0.2, 0) is 36.0 Å². The average Bonchev–Trinajstić information content (AvgIpc) is 0.722. The molecule has 1 radical (unpaired) electrons. The molecular formula is CH4FHfO3S. The van der Waals surface area contributed by atoms with Crippen LogP contribution in [0.1, 0.15) is 0 Å². The van der Waals surface area contributed by atoms with Gasteiger partial charge in [-0.1, -0.05) is 0 Å². The molecule has 3 nitrogen and oxygen atoms in total. The van der Waals surface area contributed by atoms with Crippen LogP contribution in [0.3, 0.4) is 0 Å². The molecule has 0 aromatic carbocycles. The third kappa shape index (κ3) is 295. The number of halogens is 1. The molecule has 0 heterocycles. The molecule has 0 fully saturated rings. The summed E-state index contributed by atoms with van der Waals surface area (Å²) in [6.45, 7) is 0. The van der Waals surface area contributed by atoms with Crippen molar-refractivity contribution >= 4 is 10.1 Å². The molecule has 1 N–H and O–H groups in total. The Morgan fingerprint density at radius 1 is 1.43 bits per heavy atom. The second kappa shape index (κ2) is 4.86. The molecule has 0 aromatic heterocycles. The second-order valence-corrected chi connectivity index (χ2v) is 2.20. The molecule has 0 amide bonds. The molecule has 0 atom stereocenters. The van der Waals surface area contributed by atoms with Crippen LogP contribution in [0.15, 0.2) is 0 Å². The summed E-state index contributed by atoms with van der Waals surface area (Å²) in [6, 6.07) is 0. The van der Waals surface area contributed by atoms with Crippen molar-refractivity contribution in [1.29, 1.82) is 0 Å². The predicted octanol–water partition coefficient (Wildman–Crippen LogP) is -0.0783. The van der Waals surface area contributed by atoms with Crippen LogP contribution in [-0.4, -0.2) is 19.2 Å². The maximum atomic E-state index is 9.19. The van der Waals surface area contributed by atoms with Crippen LogP contribution in [0.25, 0.3) is 0 Å². The van der Waals surface area contributed by atoms with E-state index in [1.165, 1.54) is 0 Å². The Morgan fingerprint density at radius 2 is 1.43 bits per heavy atom. The largest absolute Gasteiger partial charge is 0.286 e. The van der Waals surface area contributed by atoms with Crippen LogP contribution in [0, 0.1) is 0 Å². The number of hydrogen-bond acceptors (Lipinski definition) is 2. The normalized spacial score (nSPS) is 8.29. The average molecular weight is 294 g/mol. The minimum Gasteiger partial charge on any atom is -0.286 e. The SMILES string of the molecule is CS(=O)(=O)O.[F].[Hf]. The van der Waals surface area contributed by atoms with Gasteiger partial charge in [-0.25, -0.2) is 0 Å². The van der Waals surface area contributed by atoms with E-state index in [0.717, 1.165) is 0 Å². The van der Waals surface area contributed by atoms with Crippen molar-refractivity contribution in [1.82, 2.24) is 0 Å². The molecule has 0 aliphatic carbocycles. The van der Waals surface area contributed by atoms with Gasteiger partial charge in [0.1, 0.15) is 0 Å². The molecule has 0 aliphatic rings. The molecule has 0 aromatic rings. The van der Waals surface area contributed by atoms with E-state index in [4.69, 9.17) is 4.55 Å². The summed E-state index contributed by atoms with van der Waals surface area (Å²) in [4.78, 5) is 0. The Bertz CT molecular complexity index is 98.1. The fraction of sp³-hybridized carbons (Fsp3) is 1.00. The van der Waals surface area contributed by atoms with E-state index < -0.39 is 10.1 Å². The summed E-state index contributed by atoms with van der Waals surface area (Å²) in [6.07, 6.45) is 0.715. The van der Waals surface area contributed by atoms with Crippen molar-refractivity contribution in [2.45, 2.75) is 0 Å². The van der Waals surface area contributed by atoms with E-state index in [2.05, 4.69) is 0 Å². The quantitative estimate of drug-likeness (QED) is 0.502. The Kier molecular flexibility index (Phi) is 10.9. The van der Waals surface area contributed by atoms with E-state index in [1.807, 2.05) is 0 Å². The Hall–Kier alpha value is 0.710. The predicted molar refractivity (Wildman–Crippen MR) is 18.6 cm³/mol. The molecule has 0 rings (SSSR count). The van der Waals surface area contributed by atoms with Crippen LogP contribution >= 0.6 is 0 Å². The van der Waals surface area contributed by atoms with Gasteiger partial charge in [0, 0.05) is 30.5 Å². The van der Waals surface area contributed by atoms with Gasteiger partial charge in [-0.3, -0.25) is 4.55 Å². The van der Waals surface area contributed by atoms with Gasteiger partial charge in [0.05, 0.1) is 6.26 Å². The van der Waals surface area contributed by atoms with Crippen molar-refractivity contribution in [3.05, 3.63) is 0 Å². The molecule has 7 heavy (non-hydrogen) atoms. The third-order valence-corrected chi connectivity index (χ3v) is 0. The Labute approximate surface area is 60.0 Å². The van der Waals surface area contributed by atoms with E-state index in [-0.39, 0.29) is 30.5 Å². The summed E-state index contributed by atoms with van der Waals surface area (Å²) in [5, 5.41) is 0. The maximum absolute atomic E-state index is 9.19. The van der Waals surface area contributed by atoms with Crippen molar-refractivity contribution in [3.63, 3.8) is 0 Å².